The number of rotatable bonds is 2. The van der Waals surface area contributed by atoms with Crippen molar-refractivity contribution in [2.45, 2.75) is 0 Å². The van der Waals surface area contributed by atoms with Gasteiger partial charge in [0.25, 0.3) is 0 Å². The highest BCUT2D eigenvalue weighted by Crippen LogP contribution is 2.33. The van der Waals surface area contributed by atoms with Crippen LogP contribution in [-0.2, 0) is 0 Å². The second-order valence-electron chi connectivity index (χ2n) is 5.12. The maximum absolute atomic E-state index is 5.93. The summed E-state index contributed by atoms with van der Waals surface area (Å²) >= 11 is 0. The molecule has 3 N–H and O–H groups in total. The Hall–Kier alpha value is -3.14. The average molecular weight is 286 g/mol. The fourth-order valence-corrected chi connectivity index (χ4v) is 2.62. The lowest BCUT2D eigenvalue weighted by atomic mass is 9.98. The number of benzene rings is 2. The largest absolute Gasteiger partial charge is 0.382 e. The van der Waals surface area contributed by atoms with Crippen LogP contribution >= 0.6 is 0 Å². The highest BCUT2D eigenvalue weighted by Gasteiger charge is 2.13. The second-order valence-corrected chi connectivity index (χ2v) is 5.12. The molecule has 4 heteroatoms. The van der Waals surface area contributed by atoms with E-state index >= 15 is 0 Å². The molecule has 4 nitrogen and oxygen atoms in total. The van der Waals surface area contributed by atoms with Gasteiger partial charge in [-0.15, -0.1) is 0 Å². The smallest absolute Gasteiger partial charge is 0.158 e. The van der Waals surface area contributed by atoms with Crippen LogP contribution in [0.1, 0.15) is 0 Å². The molecule has 0 atom stereocenters. The molecule has 0 saturated heterocycles. The predicted molar refractivity (Wildman–Crippen MR) is 89.2 cm³/mol. The quantitative estimate of drug-likeness (QED) is 0.587. The Kier molecular flexibility index (Phi) is 2.86. The van der Waals surface area contributed by atoms with Crippen LogP contribution in [0.25, 0.3) is 33.4 Å². The number of nitrogens with two attached hydrogens (primary N) is 1. The molecule has 0 bridgehead atoms. The van der Waals surface area contributed by atoms with E-state index in [1.165, 1.54) is 0 Å². The zero-order valence-electron chi connectivity index (χ0n) is 11.8. The van der Waals surface area contributed by atoms with Crippen LogP contribution in [0, 0.1) is 0 Å². The van der Waals surface area contributed by atoms with E-state index in [1.807, 2.05) is 36.4 Å². The van der Waals surface area contributed by atoms with Gasteiger partial charge in [-0.05, 0) is 11.6 Å². The molecule has 22 heavy (non-hydrogen) atoms. The Bertz CT molecular complexity index is 927. The van der Waals surface area contributed by atoms with E-state index in [0.29, 0.717) is 11.5 Å². The van der Waals surface area contributed by atoms with E-state index in [0.717, 1.165) is 27.8 Å². The van der Waals surface area contributed by atoms with Crippen molar-refractivity contribution in [3.8, 4) is 22.4 Å². The third kappa shape index (κ3) is 2.02. The molecule has 0 fully saturated rings. The SMILES string of the molecule is Nc1n[nH]c2nc(-c3ccccc3)c(-c3ccccc3)cc12. The molecular formula is C18H14N4. The number of fused-ring (bicyclic) bond motifs is 1. The van der Waals surface area contributed by atoms with Crippen molar-refractivity contribution >= 4 is 16.9 Å². The lowest BCUT2D eigenvalue weighted by molar-refractivity contribution is 1.11. The molecule has 0 amide bonds. The third-order valence-electron chi connectivity index (χ3n) is 3.71. The summed E-state index contributed by atoms with van der Waals surface area (Å²) in [6.07, 6.45) is 0. The lowest BCUT2D eigenvalue weighted by Crippen LogP contribution is -1.91. The first kappa shape index (κ1) is 12.6. The van der Waals surface area contributed by atoms with Crippen molar-refractivity contribution in [3.05, 3.63) is 66.7 Å². The Balaban J connectivity index is 2.05. The van der Waals surface area contributed by atoms with Gasteiger partial charge in [0.15, 0.2) is 11.5 Å². The van der Waals surface area contributed by atoms with Crippen molar-refractivity contribution in [3.63, 3.8) is 0 Å². The molecule has 2 aromatic carbocycles. The van der Waals surface area contributed by atoms with Gasteiger partial charge in [0.2, 0.25) is 0 Å². The van der Waals surface area contributed by atoms with Crippen molar-refractivity contribution < 1.29 is 0 Å². The lowest BCUT2D eigenvalue weighted by Gasteiger charge is -2.09. The maximum Gasteiger partial charge on any atom is 0.158 e. The fraction of sp³-hybridized carbons (Fsp3) is 0. The number of hydrogen-bond acceptors (Lipinski definition) is 3. The minimum Gasteiger partial charge on any atom is -0.382 e. The molecule has 4 rings (SSSR count). The zero-order valence-corrected chi connectivity index (χ0v) is 11.8. The first-order chi connectivity index (χ1) is 10.8. The van der Waals surface area contributed by atoms with Crippen molar-refractivity contribution in [1.29, 1.82) is 0 Å². The van der Waals surface area contributed by atoms with Gasteiger partial charge in [-0.25, -0.2) is 4.98 Å². The summed E-state index contributed by atoms with van der Waals surface area (Å²) in [6, 6.07) is 22.4. The first-order valence-electron chi connectivity index (χ1n) is 7.08. The molecule has 0 aliphatic heterocycles. The molecule has 0 aliphatic rings. The van der Waals surface area contributed by atoms with E-state index in [1.54, 1.807) is 0 Å². The van der Waals surface area contributed by atoms with Crippen LogP contribution < -0.4 is 5.73 Å². The average Bonchev–Trinajstić information content (AvgIpc) is 2.96. The van der Waals surface area contributed by atoms with Crippen LogP contribution in [0.4, 0.5) is 5.82 Å². The summed E-state index contributed by atoms with van der Waals surface area (Å²) in [5.74, 6) is 0.472. The summed E-state index contributed by atoms with van der Waals surface area (Å²) in [5.41, 5.74) is 10.8. The van der Waals surface area contributed by atoms with Gasteiger partial charge in [0, 0.05) is 11.1 Å². The summed E-state index contributed by atoms with van der Waals surface area (Å²) in [7, 11) is 0. The molecule has 106 valence electrons. The zero-order chi connectivity index (χ0) is 14.9. The van der Waals surface area contributed by atoms with E-state index in [-0.39, 0.29) is 0 Å². The number of pyridine rings is 1. The van der Waals surface area contributed by atoms with Crippen LogP contribution in [0.2, 0.25) is 0 Å². The van der Waals surface area contributed by atoms with Crippen molar-refractivity contribution in [2.75, 3.05) is 5.73 Å². The van der Waals surface area contributed by atoms with Crippen molar-refractivity contribution in [1.82, 2.24) is 15.2 Å². The van der Waals surface area contributed by atoms with Crippen LogP contribution in [0.5, 0.6) is 0 Å². The number of H-pyrrole nitrogens is 1. The number of anilines is 1. The third-order valence-corrected chi connectivity index (χ3v) is 3.71. The molecule has 0 radical (unpaired) electrons. The van der Waals surface area contributed by atoms with E-state index < -0.39 is 0 Å². The highest BCUT2D eigenvalue weighted by molar-refractivity contribution is 5.94. The molecule has 0 unspecified atom stereocenters. The standard InChI is InChI=1S/C18H14N4/c19-17-15-11-14(12-7-3-1-4-8-12)16(20-18(15)22-21-17)13-9-5-2-6-10-13/h1-11H,(H3,19,20,21,22). The number of nitrogen functional groups attached to an aromatic ring is 1. The molecule has 2 heterocycles. The van der Waals surface area contributed by atoms with Gasteiger partial charge in [0.05, 0.1) is 11.1 Å². The Labute approximate surface area is 127 Å². The van der Waals surface area contributed by atoms with Crippen LogP contribution in [0.3, 0.4) is 0 Å². The Morgan fingerprint density at radius 1 is 0.818 bits per heavy atom. The van der Waals surface area contributed by atoms with Crippen molar-refractivity contribution in [2.24, 2.45) is 0 Å². The Morgan fingerprint density at radius 3 is 2.14 bits per heavy atom. The van der Waals surface area contributed by atoms with Gasteiger partial charge >= 0.3 is 0 Å². The summed E-state index contributed by atoms with van der Waals surface area (Å²) < 4.78 is 0. The van der Waals surface area contributed by atoms with Crippen LogP contribution in [0.15, 0.2) is 66.7 Å². The van der Waals surface area contributed by atoms with E-state index in [4.69, 9.17) is 10.7 Å². The van der Waals surface area contributed by atoms with Gasteiger partial charge in [-0.1, -0.05) is 60.7 Å². The maximum atomic E-state index is 5.93. The molecule has 0 saturated carbocycles. The first-order valence-corrected chi connectivity index (χ1v) is 7.08. The number of nitrogens with zero attached hydrogens (tertiary/aromatic N) is 2. The number of hydrogen-bond donors (Lipinski definition) is 2. The van der Waals surface area contributed by atoms with Gasteiger partial charge < -0.3 is 5.73 Å². The van der Waals surface area contributed by atoms with Crippen LogP contribution in [-0.4, -0.2) is 15.2 Å². The van der Waals surface area contributed by atoms with Gasteiger partial charge in [0.1, 0.15) is 0 Å². The topological polar surface area (TPSA) is 67.6 Å². The summed E-state index contributed by atoms with van der Waals surface area (Å²) in [6.45, 7) is 0. The molecule has 2 aromatic heterocycles. The number of aromatic amines is 1. The normalized spacial score (nSPS) is 10.9. The van der Waals surface area contributed by atoms with E-state index in [9.17, 15) is 0 Å². The summed E-state index contributed by atoms with van der Waals surface area (Å²) in [5, 5.41) is 7.79. The molecule has 0 aliphatic carbocycles. The monoisotopic (exact) mass is 286 g/mol. The minimum atomic E-state index is 0.472. The molecular weight excluding hydrogens is 272 g/mol. The highest BCUT2D eigenvalue weighted by atomic mass is 15.2. The molecule has 0 spiro atoms. The fourth-order valence-electron chi connectivity index (χ4n) is 2.62. The summed E-state index contributed by atoms with van der Waals surface area (Å²) in [4.78, 5) is 4.74. The second kappa shape index (κ2) is 5.00. The van der Waals surface area contributed by atoms with Gasteiger partial charge in [-0.3, -0.25) is 5.10 Å². The number of aromatic nitrogens is 3. The van der Waals surface area contributed by atoms with E-state index in [2.05, 4.69) is 40.5 Å². The Morgan fingerprint density at radius 2 is 1.45 bits per heavy atom. The van der Waals surface area contributed by atoms with Gasteiger partial charge in [-0.2, -0.15) is 5.10 Å². The number of nitrogens with one attached hydrogen (secondary N) is 1. The molecule has 4 aromatic rings. The predicted octanol–water partition coefficient (Wildman–Crippen LogP) is 3.87. The minimum absolute atomic E-state index is 0.472.